The molecule has 7 heteroatoms. The molecule has 0 saturated carbocycles. The second kappa shape index (κ2) is 9.23. The second-order valence-electron chi connectivity index (χ2n) is 6.38. The van der Waals surface area contributed by atoms with Gasteiger partial charge in [-0.2, -0.15) is 0 Å². The Morgan fingerprint density at radius 3 is 2.14 bits per heavy atom. The van der Waals surface area contributed by atoms with Gasteiger partial charge in [-0.1, -0.05) is 60.7 Å². The Balaban J connectivity index is 2.08. The third-order valence-corrected chi connectivity index (χ3v) is 4.58. The molecule has 2 aromatic carbocycles. The number of esters is 2. The van der Waals surface area contributed by atoms with Gasteiger partial charge in [-0.15, -0.1) is 0 Å². The molecule has 0 aromatic heterocycles. The number of hydrogen-bond acceptors (Lipinski definition) is 6. The second-order valence-corrected chi connectivity index (χ2v) is 6.38. The average molecular weight is 397 g/mol. The summed E-state index contributed by atoms with van der Waals surface area (Å²) in [7, 11) is 0. The van der Waals surface area contributed by atoms with E-state index in [2.05, 4.69) is 0 Å². The summed E-state index contributed by atoms with van der Waals surface area (Å²) in [6.45, 7) is 3.63. The molecule has 152 valence electrons. The highest BCUT2D eigenvalue weighted by Gasteiger charge is 2.53. The van der Waals surface area contributed by atoms with Crippen LogP contribution in [-0.4, -0.2) is 42.2 Å². The highest BCUT2D eigenvalue weighted by Crippen LogP contribution is 2.39. The summed E-state index contributed by atoms with van der Waals surface area (Å²) in [4.78, 5) is 39.7. The van der Waals surface area contributed by atoms with E-state index in [1.54, 1.807) is 68.4 Å². The number of amides is 1. The lowest BCUT2D eigenvalue weighted by molar-refractivity contribution is -0.154. The molecule has 7 nitrogen and oxygen atoms in total. The Labute approximate surface area is 169 Å². The number of carbonyl (C=O) groups excluding carboxylic acids is 3. The highest BCUT2D eigenvalue weighted by molar-refractivity contribution is 5.90. The Morgan fingerprint density at radius 1 is 0.966 bits per heavy atom. The SMILES string of the molecule is CCOC(=O)C(c1ccccc1)N1C(=O)O[C@H](c2ccccc2)[C@H]1C(=O)OCC. The molecule has 3 rings (SSSR count). The molecule has 3 atom stereocenters. The van der Waals surface area contributed by atoms with E-state index in [1.165, 1.54) is 0 Å². The van der Waals surface area contributed by atoms with Crippen molar-refractivity contribution < 1.29 is 28.6 Å². The topological polar surface area (TPSA) is 82.1 Å². The molecule has 1 amide bonds. The van der Waals surface area contributed by atoms with Crippen LogP contribution in [0.15, 0.2) is 60.7 Å². The van der Waals surface area contributed by atoms with Crippen molar-refractivity contribution in [3.05, 3.63) is 71.8 Å². The van der Waals surface area contributed by atoms with E-state index < -0.39 is 36.2 Å². The number of cyclic esters (lactones) is 1. The first kappa shape index (κ1) is 20.4. The van der Waals surface area contributed by atoms with Crippen molar-refractivity contribution >= 4 is 18.0 Å². The molecule has 0 bridgehead atoms. The van der Waals surface area contributed by atoms with E-state index in [-0.39, 0.29) is 13.2 Å². The number of benzene rings is 2. The summed E-state index contributed by atoms with van der Waals surface area (Å²) in [5, 5.41) is 0. The maximum Gasteiger partial charge on any atom is 0.412 e. The quantitative estimate of drug-likeness (QED) is 0.526. The Morgan fingerprint density at radius 2 is 1.55 bits per heavy atom. The van der Waals surface area contributed by atoms with E-state index >= 15 is 0 Å². The fourth-order valence-electron chi connectivity index (χ4n) is 3.38. The van der Waals surface area contributed by atoms with Crippen LogP contribution in [-0.2, 0) is 23.8 Å². The van der Waals surface area contributed by atoms with Crippen LogP contribution in [0.3, 0.4) is 0 Å². The van der Waals surface area contributed by atoms with Crippen LogP contribution in [0.4, 0.5) is 4.79 Å². The largest absolute Gasteiger partial charge is 0.464 e. The van der Waals surface area contributed by atoms with Gasteiger partial charge < -0.3 is 14.2 Å². The van der Waals surface area contributed by atoms with Crippen LogP contribution >= 0.6 is 0 Å². The Hall–Kier alpha value is -3.35. The summed E-state index contributed by atoms with van der Waals surface area (Å²) >= 11 is 0. The molecule has 0 N–H and O–H groups in total. The molecule has 0 spiro atoms. The molecule has 1 aliphatic heterocycles. The fourth-order valence-corrected chi connectivity index (χ4v) is 3.38. The average Bonchev–Trinajstić information content (AvgIpc) is 3.07. The van der Waals surface area contributed by atoms with E-state index in [9.17, 15) is 14.4 Å². The van der Waals surface area contributed by atoms with Gasteiger partial charge in [0.15, 0.2) is 18.2 Å². The summed E-state index contributed by atoms with van der Waals surface area (Å²) in [6, 6.07) is 15.3. The zero-order valence-corrected chi connectivity index (χ0v) is 16.3. The minimum absolute atomic E-state index is 0.133. The van der Waals surface area contributed by atoms with Crippen molar-refractivity contribution in [2.24, 2.45) is 0 Å². The van der Waals surface area contributed by atoms with E-state index in [0.29, 0.717) is 11.1 Å². The van der Waals surface area contributed by atoms with Crippen LogP contribution in [0.25, 0.3) is 0 Å². The van der Waals surface area contributed by atoms with Crippen molar-refractivity contribution in [2.75, 3.05) is 13.2 Å². The molecule has 1 aliphatic rings. The van der Waals surface area contributed by atoms with E-state index in [1.807, 2.05) is 6.07 Å². The van der Waals surface area contributed by atoms with Gasteiger partial charge in [0.05, 0.1) is 13.2 Å². The normalized spacial score (nSPS) is 19.4. The van der Waals surface area contributed by atoms with Gasteiger partial charge >= 0.3 is 18.0 Å². The smallest absolute Gasteiger partial charge is 0.412 e. The van der Waals surface area contributed by atoms with Crippen LogP contribution in [0, 0.1) is 0 Å². The Bertz CT molecular complexity index is 854. The van der Waals surface area contributed by atoms with Crippen molar-refractivity contribution in [3.8, 4) is 0 Å². The minimum atomic E-state index is -1.13. The van der Waals surface area contributed by atoms with E-state index in [0.717, 1.165) is 4.90 Å². The number of rotatable bonds is 7. The van der Waals surface area contributed by atoms with Crippen molar-refractivity contribution in [3.63, 3.8) is 0 Å². The molecule has 0 radical (unpaired) electrons. The lowest BCUT2D eigenvalue weighted by atomic mass is 9.98. The van der Waals surface area contributed by atoms with Gasteiger partial charge in [-0.05, 0) is 25.0 Å². The monoisotopic (exact) mass is 397 g/mol. The van der Waals surface area contributed by atoms with Crippen LogP contribution in [0.5, 0.6) is 0 Å². The molecular formula is C22H23NO6. The van der Waals surface area contributed by atoms with Gasteiger partial charge in [0, 0.05) is 0 Å². The molecule has 1 saturated heterocycles. The first-order valence-corrected chi connectivity index (χ1v) is 9.50. The molecule has 1 fully saturated rings. The fraction of sp³-hybridized carbons (Fsp3) is 0.318. The van der Waals surface area contributed by atoms with Crippen molar-refractivity contribution in [1.29, 1.82) is 0 Å². The van der Waals surface area contributed by atoms with Crippen LogP contribution < -0.4 is 0 Å². The molecule has 29 heavy (non-hydrogen) atoms. The third-order valence-electron chi connectivity index (χ3n) is 4.58. The number of ether oxygens (including phenoxy) is 3. The zero-order valence-electron chi connectivity index (χ0n) is 16.3. The van der Waals surface area contributed by atoms with Gasteiger partial charge in [-0.3, -0.25) is 4.90 Å². The zero-order chi connectivity index (χ0) is 20.8. The highest BCUT2D eigenvalue weighted by atomic mass is 16.6. The molecular weight excluding hydrogens is 374 g/mol. The lowest BCUT2D eigenvalue weighted by Crippen LogP contribution is -2.46. The molecule has 1 heterocycles. The predicted octanol–water partition coefficient (Wildman–Crippen LogP) is 3.42. The van der Waals surface area contributed by atoms with Gasteiger partial charge in [0.2, 0.25) is 0 Å². The number of hydrogen-bond donors (Lipinski definition) is 0. The summed E-state index contributed by atoms with van der Waals surface area (Å²) in [6.07, 6.45) is -1.68. The molecule has 0 aliphatic carbocycles. The van der Waals surface area contributed by atoms with Gasteiger partial charge in [0.1, 0.15) is 0 Å². The van der Waals surface area contributed by atoms with Gasteiger partial charge in [0.25, 0.3) is 0 Å². The minimum Gasteiger partial charge on any atom is -0.464 e. The van der Waals surface area contributed by atoms with Crippen LogP contribution in [0.2, 0.25) is 0 Å². The Kier molecular flexibility index (Phi) is 6.49. The third kappa shape index (κ3) is 4.23. The number of carbonyl (C=O) groups is 3. The van der Waals surface area contributed by atoms with E-state index in [4.69, 9.17) is 14.2 Å². The number of nitrogens with zero attached hydrogens (tertiary/aromatic N) is 1. The van der Waals surface area contributed by atoms with Crippen LogP contribution in [0.1, 0.15) is 37.1 Å². The lowest BCUT2D eigenvalue weighted by Gasteiger charge is -2.29. The molecule has 2 aromatic rings. The first-order valence-electron chi connectivity index (χ1n) is 9.50. The van der Waals surface area contributed by atoms with Crippen molar-refractivity contribution in [2.45, 2.75) is 32.0 Å². The van der Waals surface area contributed by atoms with Gasteiger partial charge in [-0.25, -0.2) is 14.4 Å². The summed E-state index contributed by atoms with van der Waals surface area (Å²) in [5.41, 5.74) is 1.16. The predicted molar refractivity (Wildman–Crippen MR) is 104 cm³/mol. The first-order chi connectivity index (χ1) is 14.1. The summed E-state index contributed by atoms with van der Waals surface area (Å²) < 4.78 is 16.0. The summed E-state index contributed by atoms with van der Waals surface area (Å²) in [5.74, 6) is -1.28. The maximum atomic E-state index is 12.9. The standard InChI is InChI=1S/C22H23NO6/c1-3-27-20(24)17(15-11-7-5-8-12-15)23-18(21(25)28-4-2)19(29-22(23)26)16-13-9-6-10-14-16/h5-14,17-19H,3-4H2,1-2H3/t17?,18-,19+/m0/s1. The van der Waals surface area contributed by atoms with Crippen molar-refractivity contribution in [1.82, 2.24) is 4.90 Å². The molecule has 1 unspecified atom stereocenters. The maximum absolute atomic E-state index is 12.9.